The molecule has 2 N–H and O–H groups in total. The van der Waals surface area contributed by atoms with Crippen molar-refractivity contribution >= 4 is 11.6 Å². The third-order valence-electron chi connectivity index (χ3n) is 5.20. The molecule has 0 saturated carbocycles. The number of aromatic nitrogens is 3. The molecule has 1 aliphatic rings. The predicted molar refractivity (Wildman–Crippen MR) is 116 cm³/mol. The molecule has 2 aromatic rings. The number of aryl methyl sites for hydroxylation is 1. The fourth-order valence-corrected chi connectivity index (χ4v) is 3.45. The van der Waals surface area contributed by atoms with Crippen LogP contribution in [-0.4, -0.2) is 60.1 Å². The number of nitrogens with zero attached hydrogens (tertiary/aromatic N) is 5. The van der Waals surface area contributed by atoms with E-state index >= 15 is 0 Å². The largest absolute Gasteiger partial charge is 0.377 e. The number of nitrogens with one attached hydrogen (secondary N) is 2. The Hall–Kier alpha value is -2.61. The molecule has 0 aliphatic carbocycles. The fraction of sp³-hybridized carbons (Fsp3) is 0.571. The first kappa shape index (κ1) is 21.1. The summed E-state index contributed by atoms with van der Waals surface area (Å²) in [5, 5.41) is 11.5. The summed E-state index contributed by atoms with van der Waals surface area (Å²) >= 11 is 0. The Morgan fingerprint density at radius 3 is 2.90 bits per heavy atom. The lowest BCUT2D eigenvalue weighted by Crippen LogP contribution is -2.47. The molecule has 1 aromatic carbocycles. The quantitative estimate of drug-likeness (QED) is 0.521. The van der Waals surface area contributed by atoms with Crippen LogP contribution in [0.5, 0.6) is 0 Å². The minimum absolute atomic E-state index is 0.277. The second-order valence-corrected chi connectivity index (χ2v) is 7.45. The number of fused-ring (bicyclic) bond motifs is 1. The van der Waals surface area contributed by atoms with Crippen molar-refractivity contribution in [1.29, 1.82) is 0 Å². The summed E-state index contributed by atoms with van der Waals surface area (Å²) in [5.74, 6) is 2.64. The Kier molecular flexibility index (Phi) is 7.46. The highest BCUT2D eigenvalue weighted by atomic mass is 16.5. The van der Waals surface area contributed by atoms with Gasteiger partial charge in [-0.25, -0.2) is 9.67 Å². The molecule has 0 radical (unpaired) electrons. The van der Waals surface area contributed by atoms with Crippen molar-refractivity contribution in [1.82, 2.24) is 25.4 Å². The van der Waals surface area contributed by atoms with Gasteiger partial charge >= 0.3 is 0 Å². The summed E-state index contributed by atoms with van der Waals surface area (Å²) in [4.78, 5) is 11.6. The molecule has 0 fully saturated rings. The van der Waals surface area contributed by atoms with Gasteiger partial charge in [0.05, 0.1) is 13.1 Å². The van der Waals surface area contributed by atoms with Gasteiger partial charge in [0.15, 0.2) is 11.8 Å². The first-order valence-electron chi connectivity index (χ1n) is 10.3. The Morgan fingerprint density at radius 1 is 1.38 bits per heavy atom. The standard InChI is InChI=1S/C21H33N7O/c1-5-22-21(23-13-16(2)27(3)18-9-7-6-8-10-18)24-17-11-12-20-25-19(15-29-4)26-28(20)14-17/h6-10,16-17H,5,11-15H2,1-4H3,(H2,22,23,24). The van der Waals surface area contributed by atoms with Gasteiger partial charge in [0.25, 0.3) is 0 Å². The molecule has 8 nitrogen and oxygen atoms in total. The fourth-order valence-electron chi connectivity index (χ4n) is 3.45. The molecular weight excluding hydrogens is 366 g/mol. The van der Waals surface area contributed by atoms with Crippen LogP contribution >= 0.6 is 0 Å². The zero-order valence-electron chi connectivity index (χ0n) is 17.9. The van der Waals surface area contributed by atoms with E-state index in [1.807, 2.05) is 10.7 Å². The molecule has 0 saturated heterocycles. The number of hydrogen-bond acceptors (Lipinski definition) is 5. The van der Waals surface area contributed by atoms with Crippen molar-refractivity contribution < 1.29 is 4.74 Å². The van der Waals surface area contributed by atoms with Gasteiger partial charge < -0.3 is 20.3 Å². The second kappa shape index (κ2) is 10.2. The van der Waals surface area contributed by atoms with Crippen LogP contribution in [0.25, 0.3) is 0 Å². The number of para-hydroxylation sites is 1. The van der Waals surface area contributed by atoms with Crippen LogP contribution < -0.4 is 15.5 Å². The van der Waals surface area contributed by atoms with Crippen LogP contribution in [-0.2, 0) is 24.3 Å². The molecule has 8 heteroatoms. The molecule has 29 heavy (non-hydrogen) atoms. The zero-order chi connectivity index (χ0) is 20.6. The smallest absolute Gasteiger partial charge is 0.191 e. The topological polar surface area (TPSA) is 79.6 Å². The van der Waals surface area contributed by atoms with Crippen molar-refractivity contribution in [2.24, 2.45) is 4.99 Å². The van der Waals surface area contributed by atoms with E-state index in [2.05, 4.69) is 70.8 Å². The highest BCUT2D eigenvalue weighted by molar-refractivity contribution is 5.80. The average molecular weight is 400 g/mol. The van der Waals surface area contributed by atoms with Gasteiger partial charge in [-0.05, 0) is 32.4 Å². The first-order chi connectivity index (χ1) is 14.1. The number of aliphatic imine (C=N–C) groups is 1. The maximum absolute atomic E-state index is 5.15. The summed E-state index contributed by atoms with van der Waals surface area (Å²) in [6, 6.07) is 11.0. The number of guanidine groups is 1. The molecule has 158 valence electrons. The molecule has 2 atom stereocenters. The molecule has 0 spiro atoms. The third kappa shape index (κ3) is 5.69. The summed E-state index contributed by atoms with van der Waals surface area (Å²) in [7, 11) is 3.78. The van der Waals surface area contributed by atoms with Crippen LogP contribution in [0.15, 0.2) is 35.3 Å². The van der Waals surface area contributed by atoms with E-state index in [0.29, 0.717) is 13.2 Å². The maximum Gasteiger partial charge on any atom is 0.191 e. The predicted octanol–water partition coefficient (Wildman–Crippen LogP) is 1.82. The SMILES string of the molecule is CCNC(=NCC(C)N(C)c1ccccc1)NC1CCc2nc(COC)nn2C1. The lowest BCUT2D eigenvalue weighted by molar-refractivity contribution is 0.177. The molecule has 3 rings (SSSR count). The number of methoxy groups -OCH3 is 1. The van der Waals surface area contributed by atoms with Crippen LogP contribution in [0.3, 0.4) is 0 Å². The summed E-state index contributed by atoms with van der Waals surface area (Å²) in [5.41, 5.74) is 1.20. The van der Waals surface area contributed by atoms with Crippen molar-refractivity contribution in [3.05, 3.63) is 42.0 Å². The van der Waals surface area contributed by atoms with Crippen LogP contribution in [0, 0.1) is 0 Å². The minimum atomic E-state index is 0.277. The number of likely N-dealkylation sites (N-methyl/N-ethyl adjacent to an activating group) is 1. The van der Waals surface area contributed by atoms with Gasteiger partial charge in [-0.3, -0.25) is 4.99 Å². The van der Waals surface area contributed by atoms with E-state index in [1.165, 1.54) is 5.69 Å². The van der Waals surface area contributed by atoms with Crippen molar-refractivity contribution in [2.45, 2.75) is 51.9 Å². The van der Waals surface area contributed by atoms with Gasteiger partial charge in [-0.1, -0.05) is 18.2 Å². The average Bonchev–Trinajstić information content (AvgIpc) is 3.14. The normalized spacial score (nSPS) is 17.5. The van der Waals surface area contributed by atoms with E-state index in [1.54, 1.807) is 7.11 Å². The van der Waals surface area contributed by atoms with E-state index in [9.17, 15) is 0 Å². The maximum atomic E-state index is 5.15. The Labute approximate surface area is 173 Å². The molecular formula is C21H33N7O. The number of benzene rings is 1. The van der Waals surface area contributed by atoms with Crippen molar-refractivity contribution in [3.63, 3.8) is 0 Å². The molecule has 0 bridgehead atoms. The van der Waals surface area contributed by atoms with E-state index in [4.69, 9.17) is 9.73 Å². The van der Waals surface area contributed by atoms with Gasteiger partial charge in [0.2, 0.25) is 0 Å². The van der Waals surface area contributed by atoms with Crippen molar-refractivity contribution in [2.75, 3.05) is 32.1 Å². The molecule has 0 amide bonds. The summed E-state index contributed by atoms with van der Waals surface area (Å²) in [6.07, 6.45) is 1.91. The Bertz CT molecular complexity index is 790. The van der Waals surface area contributed by atoms with E-state index in [-0.39, 0.29) is 12.1 Å². The van der Waals surface area contributed by atoms with Crippen LogP contribution in [0.2, 0.25) is 0 Å². The molecule has 1 aromatic heterocycles. The Morgan fingerprint density at radius 2 is 2.17 bits per heavy atom. The van der Waals surface area contributed by atoms with E-state index < -0.39 is 0 Å². The molecule has 2 heterocycles. The number of anilines is 1. The van der Waals surface area contributed by atoms with Gasteiger partial charge in [0.1, 0.15) is 12.4 Å². The number of ether oxygens (including phenoxy) is 1. The summed E-state index contributed by atoms with van der Waals surface area (Å²) in [6.45, 7) is 7.06. The monoisotopic (exact) mass is 399 g/mol. The number of rotatable bonds is 8. The molecule has 1 aliphatic heterocycles. The van der Waals surface area contributed by atoms with Gasteiger partial charge in [-0.15, -0.1) is 0 Å². The van der Waals surface area contributed by atoms with Gasteiger partial charge in [0, 0.05) is 44.9 Å². The number of hydrogen-bond donors (Lipinski definition) is 2. The van der Waals surface area contributed by atoms with E-state index in [0.717, 1.165) is 43.5 Å². The molecule has 2 unspecified atom stereocenters. The van der Waals surface area contributed by atoms with Gasteiger partial charge in [-0.2, -0.15) is 5.10 Å². The summed E-state index contributed by atoms with van der Waals surface area (Å²) < 4.78 is 7.14. The van der Waals surface area contributed by atoms with Crippen molar-refractivity contribution in [3.8, 4) is 0 Å². The lowest BCUT2D eigenvalue weighted by Gasteiger charge is -2.27. The third-order valence-corrected chi connectivity index (χ3v) is 5.20. The van der Waals surface area contributed by atoms with Crippen LogP contribution in [0.4, 0.5) is 5.69 Å². The second-order valence-electron chi connectivity index (χ2n) is 7.45. The highest BCUT2D eigenvalue weighted by Crippen LogP contribution is 2.15. The minimum Gasteiger partial charge on any atom is -0.377 e. The highest BCUT2D eigenvalue weighted by Gasteiger charge is 2.22. The first-order valence-corrected chi connectivity index (χ1v) is 10.3. The lowest BCUT2D eigenvalue weighted by atomic mass is 10.1. The van der Waals surface area contributed by atoms with Crippen LogP contribution in [0.1, 0.15) is 31.9 Å². The zero-order valence-corrected chi connectivity index (χ0v) is 17.9. The Balaban J connectivity index is 1.59.